The molecule has 1 N–H and O–H groups in total. The van der Waals surface area contributed by atoms with Gasteiger partial charge in [0.1, 0.15) is 0 Å². The van der Waals surface area contributed by atoms with Crippen LogP contribution in [0, 0.1) is 5.92 Å². The van der Waals surface area contributed by atoms with Gasteiger partial charge in [-0.1, -0.05) is 42.7 Å². The summed E-state index contributed by atoms with van der Waals surface area (Å²) < 4.78 is 27.5. The Morgan fingerprint density at radius 2 is 2.11 bits per heavy atom. The van der Waals surface area contributed by atoms with Crippen LogP contribution in [-0.4, -0.2) is 19.4 Å². The minimum atomic E-state index is -3.45. The summed E-state index contributed by atoms with van der Waals surface area (Å²) in [5.41, 5.74) is 0. The fraction of sp³-hybridized carbons (Fsp3) is 0.750. The molecule has 0 unspecified atom stereocenters. The molecule has 1 aliphatic carbocycles. The molecule has 0 radical (unpaired) electrons. The second-order valence-corrected chi connectivity index (χ2v) is 8.61. The standard InChI is InChI=1S/C12H19ClN2O2S2/c1-2-3-9-4-6-10(7-5-9)15-19(16,17)11-8-14-12(13)18-11/h8-10,15H,2-7H2,1H3. The molecule has 1 fully saturated rings. The van der Waals surface area contributed by atoms with E-state index in [1.165, 1.54) is 19.0 Å². The number of rotatable bonds is 5. The van der Waals surface area contributed by atoms with E-state index in [2.05, 4.69) is 16.6 Å². The van der Waals surface area contributed by atoms with Gasteiger partial charge in [0.2, 0.25) is 0 Å². The fourth-order valence-corrected chi connectivity index (χ4v) is 5.23. The average molecular weight is 323 g/mol. The molecule has 0 amide bonds. The molecule has 0 bridgehead atoms. The number of aromatic nitrogens is 1. The first kappa shape index (κ1) is 15.2. The van der Waals surface area contributed by atoms with Crippen molar-refractivity contribution in [2.45, 2.75) is 55.7 Å². The third kappa shape index (κ3) is 4.15. The third-order valence-electron chi connectivity index (χ3n) is 3.59. The Kier molecular flexibility index (Phi) is 5.22. The molecule has 4 nitrogen and oxygen atoms in total. The monoisotopic (exact) mass is 322 g/mol. The lowest BCUT2D eigenvalue weighted by Gasteiger charge is -2.28. The molecule has 0 spiro atoms. The summed E-state index contributed by atoms with van der Waals surface area (Å²) in [5.74, 6) is 0.767. The van der Waals surface area contributed by atoms with E-state index in [0.717, 1.165) is 42.9 Å². The smallest absolute Gasteiger partial charge is 0.232 e. The molecular weight excluding hydrogens is 304 g/mol. The van der Waals surface area contributed by atoms with Crippen molar-refractivity contribution in [2.75, 3.05) is 0 Å². The number of halogens is 1. The Bertz CT molecular complexity index is 508. The van der Waals surface area contributed by atoms with Crippen LogP contribution < -0.4 is 4.72 Å². The van der Waals surface area contributed by atoms with Gasteiger partial charge in [-0.05, 0) is 31.6 Å². The van der Waals surface area contributed by atoms with E-state index in [-0.39, 0.29) is 14.7 Å². The van der Waals surface area contributed by atoms with Crippen LogP contribution in [0.5, 0.6) is 0 Å². The van der Waals surface area contributed by atoms with Gasteiger partial charge >= 0.3 is 0 Å². The zero-order chi connectivity index (χ0) is 13.9. The maximum absolute atomic E-state index is 12.1. The number of sulfonamides is 1. The molecule has 2 rings (SSSR count). The predicted molar refractivity (Wildman–Crippen MR) is 78.1 cm³/mol. The van der Waals surface area contributed by atoms with Gasteiger partial charge in [-0.15, -0.1) is 0 Å². The van der Waals surface area contributed by atoms with Crippen molar-refractivity contribution in [3.8, 4) is 0 Å². The van der Waals surface area contributed by atoms with Crippen molar-refractivity contribution < 1.29 is 8.42 Å². The Balaban J connectivity index is 1.92. The number of nitrogens with one attached hydrogen (secondary N) is 1. The second kappa shape index (κ2) is 6.52. The molecule has 1 heterocycles. The van der Waals surface area contributed by atoms with Crippen molar-refractivity contribution >= 4 is 33.0 Å². The van der Waals surface area contributed by atoms with Gasteiger partial charge < -0.3 is 0 Å². The molecule has 1 aliphatic rings. The maximum atomic E-state index is 12.1. The van der Waals surface area contributed by atoms with E-state index >= 15 is 0 Å². The van der Waals surface area contributed by atoms with Crippen molar-refractivity contribution in [3.63, 3.8) is 0 Å². The van der Waals surface area contributed by atoms with E-state index in [9.17, 15) is 8.42 Å². The SMILES string of the molecule is CCCC1CCC(NS(=O)(=O)c2cnc(Cl)s2)CC1. The van der Waals surface area contributed by atoms with E-state index < -0.39 is 10.0 Å². The third-order valence-corrected chi connectivity index (χ3v) is 6.68. The quantitative estimate of drug-likeness (QED) is 0.903. The van der Waals surface area contributed by atoms with Gasteiger partial charge in [0, 0.05) is 6.04 Å². The number of thiazole rings is 1. The molecule has 0 saturated heterocycles. The van der Waals surface area contributed by atoms with Crippen LogP contribution in [-0.2, 0) is 10.0 Å². The predicted octanol–water partition coefficient (Wildman–Crippen LogP) is 3.43. The number of nitrogens with zero attached hydrogens (tertiary/aromatic N) is 1. The van der Waals surface area contributed by atoms with Crippen molar-refractivity contribution in [1.82, 2.24) is 9.71 Å². The van der Waals surface area contributed by atoms with Gasteiger partial charge in [0.15, 0.2) is 8.68 Å². The molecule has 0 atom stereocenters. The lowest BCUT2D eigenvalue weighted by Crippen LogP contribution is -2.37. The normalized spacial score (nSPS) is 24.5. The first-order valence-corrected chi connectivity index (χ1v) is 9.32. The minimum absolute atomic E-state index is 0.0546. The molecular formula is C12H19ClN2O2S2. The maximum Gasteiger partial charge on any atom is 0.251 e. The lowest BCUT2D eigenvalue weighted by atomic mass is 9.84. The topological polar surface area (TPSA) is 59.1 Å². The van der Waals surface area contributed by atoms with Crippen molar-refractivity contribution in [1.29, 1.82) is 0 Å². The Morgan fingerprint density at radius 1 is 1.42 bits per heavy atom. The van der Waals surface area contributed by atoms with Crippen molar-refractivity contribution in [3.05, 3.63) is 10.7 Å². The molecule has 7 heteroatoms. The highest BCUT2D eigenvalue weighted by atomic mass is 35.5. The van der Waals surface area contributed by atoms with Crippen LogP contribution in [0.15, 0.2) is 10.4 Å². The molecule has 1 aromatic rings. The Labute approximate surface area is 123 Å². The van der Waals surface area contributed by atoms with E-state index in [1.807, 2.05) is 0 Å². The van der Waals surface area contributed by atoms with Crippen LogP contribution in [0.1, 0.15) is 45.4 Å². The minimum Gasteiger partial charge on any atom is -0.232 e. The summed E-state index contributed by atoms with van der Waals surface area (Å²) in [5, 5.41) is 0. The Hall–Kier alpha value is -0.170. The van der Waals surface area contributed by atoms with Crippen LogP contribution in [0.25, 0.3) is 0 Å². The summed E-state index contributed by atoms with van der Waals surface area (Å²) in [4.78, 5) is 3.78. The fourth-order valence-electron chi connectivity index (χ4n) is 2.62. The molecule has 0 aromatic carbocycles. The second-order valence-electron chi connectivity index (χ2n) is 5.06. The zero-order valence-electron chi connectivity index (χ0n) is 10.9. The largest absolute Gasteiger partial charge is 0.251 e. The summed E-state index contributed by atoms with van der Waals surface area (Å²) >= 11 is 6.67. The lowest BCUT2D eigenvalue weighted by molar-refractivity contribution is 0.297. The van der Waals surface area contributed by atoms with Crippen molar-refractivity contribution in [2.24, 2.45) is 5.92 Å². The molecule has 1 saturated carbocycles. The summed E-state index contributed by atoms with van der Waals surface area (Å²) in [7, 11) is -3.45. The Morgan fingerprint density at radius 3 is 2.63 bits per heavy atom. The summed E-state index contributed by atoms with van der Waals surface area (Å²) in [6.45, 7) is 2.20. The molecule has 1 aromatic heterocycles. The van der Waals surface area contributed by atoms with Gasteiger partial charge in [0.25, 0.3) is 10.0 Å². The van der Waals surface area contributed by atoms with Gasteiger partial charge in [0.05, 0.1) is 6.20 Å². The average Bonchev–Trinajstić information content (AvgIpc) is 2.79. The van der Waals surface area contributed by atoms with Gasteiger partial charge in [-0.3, -0.25) is 0 Å². The molecule has 0 aliphatic heterocycles. The van der Waals surface area contributed by atoms with Gasteiger partial charge in [-0.2, -0.15) is 0 Å². The highest BCUT2D eigenvalue weighted by Crippen LogP contribution is 2.29. The highest BCUT2D eigenvalue weighted by Gasteiger charge is 2.26. The van der Waals surface area contributed by atoms with Crippen LogP contribution in [0.3, 0.4) is 0 Å². The summed E-state index contributed by atoms with van der Waals surface area (Å²) in [6.07, 6.45) is 7.87. The van der Waals surface area contributed by atoms with E-state index in [4.69, 9.17) is 11.6 Å². The first-order valence-electron chi connectivity index (χ1n) is 6.65. The zero-order valence-corrected chi connectivity index (χ0v) is 13.3. The highest BCUT2D eigenvalue weighted by molar-refractivity contribution is 7.91. The van der Waals surface area contributed by atoms with Crippen LogP contribution in [0.2, 0.25) is 4.47 Å². The molecule has 19 heavy (non-hydrogen) atoms. The van der Waals surface area contributed by atoms with Crippen LogP contribution in [0.4, 0.5) is 0 Å². The number of hydrogen-bond donors (Lipinski definition) is 1. The van der Waals surface area contributed by atoms with Crippen LogP contribution >= 0.6 is 22.9 Å². The first-order chi connectivity index (χ1) is 9.01. The summed E-state index contributed by atoms with van der Waals surface area (Å²) in [6, 6.07) is 0.0546. The van der Waals surface area contributed by atoms with Gasteiger partial charge in [-0.25, -0.2) is 18.1 Å². The van der Waals surface area contributed by atoms with E-state index in [1.54, 1.807) is 0 Å². The molecule has 108 valence electrons. The van der Waals surface area contributed by atoms with E-state index in [0.29, 0.717) is 0 Å². The number of hydrogen-bond acceptors (Lipinski definition) is 4.